The standard InChI is InChI=1S/C20H16FNO4S/c1-26-16-7-5-13-6-8-18-14(12-23)11-22(20(18)19(13)10-16)27(24,25)17-4-2-3-15(21)9-17/h2-5,7,9-12H,6,8H2,1H3. The van der Waals surface area contributed by atoms with Crippen LogP contribution in [0.25, 0.3) is 11.3 Å². The van der Waals surface area contributed by atoms with Crippen molar-refractivity contribution >= 4 is 16.3 Å². The van der Waals surface area contributed by atoms with Gasteiger partial charge in [0.2, 0.25) is 0 Å². The maximum atomic E-state index is 13.6. The molecule has 0 saturated heterocycles. The smallest absolute Gasteiger partial charge is 0.268 e. The molecule has 3 aromatic rings. The summed E-state index contributed by atoms with van der Waals surface area (Å²) in [6, 6.07) is 10.3. The Bertz CT molecular complexity index is 1160. The summed E-state index contributed by atoms with van der Waals surface area (Å²) in [6.07, 6.45) is 3.21. The molecule has 27 heavy (non-hydrogen) atoms. The molecule has 1 aliphatic rings. The molecule has 7 heteroatoms. The fourth-order valence-electron chi connectivity index (χ4n) is 3.50. The second kappa shape index (κ2) is 6.35. The van der Waals surface area contributed by atoms with E-state index in [-0.39, 0.29) is 4.90 Å². The zero-order chi connectivity index (χ0) is 19.2. The quantitative estimate of drug-likeness (QED) is 0.645. The van der Waals surface area contributed by atoms with Gasteiger partial charge in [-0.15, -0.1) is 0 Å². The molecule has 138 valence electrons. The molecule has 0 aliphatic heterocycles. The zero-order valence-electron chi connectivity index (χ0n) is 14.5. The van der Waals surface area contributed by atoms with Crippen LogP contribution < -0.4 is 4.74 Å². The lowest BCUT2D eigenvalue weighted by Gasteiger charge is -2.20. The zero-order valence-corrected chi connectivity index (χ0v) is 15.3. The highest BCUT2D eigenvalue weighted by Gasteiger charge is 2.30. The number of hydrogen-bond acceptors (Lipinski definition) is 4. The van der Waals surface area contributed by atoms with Gasteiger partial charge >= 0.3 is 0 Å². The van der Waals surface area contributed by atoms with Gasteiger partial charge in [-0.05, 0) is 54.3 Å². The molecular formula is C20H16FNO4S. The summed E-state index contributed by atoms with van der Waals surface area (Å²) >= 11 is 0. The van der Waals surface area contributed by atoms with Crippen molar-refractivity contribution in [3.8, 4) is 17.0 Å². The minimum atomic E-state index is -4.08. The molecule has 0 saturated carbocycles. The Balaban J connectivity index is 2.02. The van der Waals surface area contributed by atoms with E-state index in [0.717, 1.165) is 15.6 Å². The molecule has 0 fully saturated rings. The molecule has 0 atom stereocenters. The number of aryl methyl sites for hydroxylation is 1. The second-order valence-corrected chi connectivity index (χ2v) is 8.13. The predicted octanol–water partition coefficient (Wildman–Crippen LogP) is 3.45. The van der Waals surface area contributed by atoms with Gasteiger partial charge in [0, 0.05) is 17.3 Å². The van der Waals surface area contributed by atoms with Gasteiger partial charge in [-0.1, -0.05) is 12.1 Å². The highest BCUT2D eigenvalue weighted by molar-refractivity contribution is 7.90. The topological polar surface area (TPSA) is 65.4 Å². The Labute approximate surface area is 156 Å². The number of methoxy groups -OCH3 is 1. The number of carbonyl (C=O) groups is 1. The summed E-state index contributed by atoms with van der Waals surface area (Å²) in [6.45, 7) is 0. The normalized spacial score (nSPS) is 13.0. The SMILES string of the molecule is COc1ccc2c(c1)-c1c(c(C=O)cn1S(=O)(=O)c1cccc(F)c1)CC2. The highest BCUT2D eigenvalue weighted by Crippen LogP contribution is 2.39. The van der Waals surface area contributed by atoms with Crippen LogP contribution in [0, 0.1) is 5.82 Å². The van der Waals surface area contributed by atoms with Gasteiger partial charge in [0.25, 0.3) is 10.0 Å². The van der Waals surface area contributed by atoms with E-state index in [4.69, 9.17) is 4.74 Å². The van der Waals surface area contributed by atoms with Gasteiger partial charge < -0.3 is 4.74 Å². The van der Waals surface area contributed by atoms with Gasteiger partial charge in [-0.25, -0.2) is 16.8 Å². The van der Waals surface area contributed by atoms with Crippen LogP contribution in [0.5, 0.6) is 5.75 Å². The minimum absolute atomic E-state index is 0.173. The number of aromatic nitrogens is 1. The van der Waals surface area contributed by atoms with E-state index in [1.807, 2.05) is 12.1 Å². The number of fused-ring (bicyclic) bond motifs is 3. The number of rotatable bonds is 4. The van der Waals surface area contributed by atoms with Gasteiger partial charge in [0.05, 0.1) is 17.7 Å². The van der Waals surface area contributed by atoms with E-state index in [1.165, 1.54) is 31.5 Å². The Morgan fingerprint density at radius 3 is 2.67 bits per heavy atom. The van der Waals surface area contributed by atoms with E-state index in [0.29, 0.717) is 47.3 Å². The van der Waals surface area contributed by atoms with Crippen molar-refractivity contribution < 1.29 is 22.3 Å². The summed E-state index contributed by atoms with van der Waals surface area (Å²) in [5.41, 5.74) is 3.09. The summed E-state index contributed by atoms with van der Waals surface area (Å²) < 4.78 is 46.4. The van der Waals surface area contributed by atoms with Gasteiger partial charge in [-0.2, -0.15) is 0 Å². The summed E-state index contributed by atoms with van der Waals surface area (Å²) in [4.78, 5) is 11.4. The molecule has 4 rings (SSSR count). The molecule has 0 N–H and O–H groups in total. The fourth-order valence-corrected chi connectivity index (χ4v) is 4.94. The van der Waals surface area contributed by atoms with E-state index >= 15 is 0 Å². The van der Waals surface area contributed by atoms with Crippen molar-refractivity contribution in [3.05, 3.63) is 71.2 Å². The van der Waals surface area contributed by atoms with E-state index < -0.39 is 15.8 Å². The van der Waals surface area contributed by atoms with Crippen molar-refractivity contribution in [2.24, 2.45) is 0 Å². The molecule has 1 aromatic heterocycles. The molecule has 0 unspecified atom stereocenters. The third-order valence-corrected chi connectivity index (χ3v) is 6.46. The number of halogens is 1. The maximum Gasteiger partial charge on any atom is 0.268 e. The maximum absolute atomic E-state index is 13.6. The van der Waals surface area contributed by atoms with Crippen LogP contribution >= 0.6 is 0 Å². The van der Waals surface area contributed by atoms with Crippen LogP contribution in [0.1, 0.15) is 21.5 Å². The van der Waals surface area contributed by atoms with Crippen molar-refractivity contribution in [2.45, 2.75) is 17.7 Å². The number of aldehydes is 1. The summed E-state index contributed by atoms with van der Waals surface area (Å²) in [5, 5.41) is 0. The van der Waals surface area contributed by atoms with E-state index in [2.05, 4.69) is 0 Å². The molecule has 0 radical (unpaired) electrons. The first-order valence-corrected chi connectivity index (χ1v) is 9.77. The van der Waals surface area contributed by atoms with Crippen molar-refractivity contribution in [1.29, 1.82) is 0 Å². The molecule has 5 nitrogen and oxygen atoms in total. The third kappa shape index (κ3) is 2.75. The summed E-state index contributed by atoms with van der Waals surface area (Å²) in [5.74, 6) is -0.0556. The first-order chi connectivity index (χ1) is 13.0. The lowest BCUT2D eigenvalue weighted by molar-refractivity contribution is 0.112. The summed E-state index contributed by atoms with van der Waals surface area (Å²) in [7, 11) is -2.54. The molecular weight excluding hydrogens is 369 g/mol. The Morgan fingerprint density at radius 1 is 1.15 bits per heavy atom. The first kappa shape index (κ1) is 17.5. The third-order valence-electron chi connectivity index (χ3n) is 4.81. The molecule has 1 heterocycles. The van der Waals surface area contributed by atoms with Crippen molar-refractivity contribution in [3.63, 3.8) is 0 Å². The van der Waals surface area contributed by atoms with Crippen LogP contribution in [0.15, 0.2) is 53.6 Å². The lowest BCUT2D eigenvalue weighted by Crippen LogP contribution is -2.16. The van der Waals surface area contributed by atoms with Crippen molar-refractivity contribution in [1.82, 2.24) is 3.97 Å². The van der Waals surface area contributed by atoms with Crippen LogP contribution in [-0.2, 0) is 22.9 Å². The number of ether oxygens (including phenoxy) is 1. The Hall–Kier alpha value is -2.93. The number of hydrogen-bond donors (Lipinski definition) is 0. The molecule has 0 spiro atoms. The van der Waals surface area contributed by atoms with Crippen LogP contribution in [-0.4, -0.2) is 25.8 Å². The molecule has 1 aliphatic carbocycles. The number of benzene rings is 2. The highest BCUT2D eigenvalue weighted by atomic mass is 32.2. The number of carbonyl (C=O) groups excluding carboxylic acids is 1. The Morgan fingerprint density at radius 2 is 1.96 bits per heavy atom. The predicted molar refractivity (Wildman–Crippen MR) is 98.2 cm³/mol. The Kier molecular flexibility index (Phi) is 4.11. The molecule has 2 aromatic carbocycles. The van der Waals surface area contributed by atoms with Crippen molar-refractivity contribution in [2.75, 3.05) is 7.11 Å². The average molecular weight is 385 g/mol. The van der Waals surface area contributed by atoms with Crippen LogP contribution in [0.2, 0.25) is 0 Å². The van der Waals surface area contributed by atoms with Crippen LogP contribution in [0.3, 0.4) is 0 Å². The van der Waals surface area contributed by atoms with Gasteiger partial charge in [0.15, 0.2) is 6.29 Å². The van der Waals surface area contributed by atoms with Crippen LogP contribution in [0.4, 0.5) is 4.39 Å². The minimum Gasteiger partial charge on any atom is -0.497 e. The first-order valence-electron chi connectivity index (χ1n) is 8.33. The van der Waals surface area contributed by atoms with E-state index in [1.54, 1.807) is 6.07 Å². The monoisotopic (exact) mass is 385 g/mol. The van der Waals surface area contributed by atoms with Gasteiger partial charge in [-0.3, -0.25) is 4.79 Å². The molecule has 0 bridgehead atoms. The van der Waals surface area contributed by atoms with E-state index in [9.17, 15) is 17.6 Å². The average Bonchev–Trinajstić information content (AvgIpc) is 3.07. The fraction of sp³-hybridized carbons (Fsp3) is 0.150. The largest absolute Gasteiger partial charge is 0.497 e. The lowest BCUT2D eigenvalue weighted by atomic mass is 9.89. The number of nitrogens with zero attached hydrogens (tertiary/aromatic N) is 1. The molecule has 0 amide bonds. The second-order valence-electron chi connectivity index (χ2n) is 6.31. The van der Waals surface area contributed by atoms with Gasteiger partial charge in [0.1, 0.15) is 11.6 Å².